The van der Waals surface area contributed by atoms with Crippen molar-refractivity contribution in [3.05, 3.63) is 29.3 Å². The van der Waals surface area contributed by atoms with Crippen molar-refractivity contribution >= 4 is 23.2 Å². The van der Waals surface area contributed by atoms with E-state index in [2.05, 4.69) is 5.32 Å². The van der Waals surface area contributed by atoms with Gasteiger partial charge in [-0.25, -0.2) is 0 Å². The van der Waals surface area contributed by atoms with Crippen LogP contribution in [0.15, 0.2) is 24.3 Å². The van der Waals surface area contributed by atoms with Crippen molar-refractivity contribution in [1.82, 2.24) is 0 Å². The Morgan fingerprint density at radius 2 is 2.17 bits per heavy atom. The van der Waals surface area contributed by atoms with Gasteiger partial charge in [0.05, 0.1) is 0 Å². The Hall–Kier alpha value is -1.06. The van der Waals surface area contributed by atoms with E-state index in [1.165, 1.54) is 6.42 Å². The molecule has 2 atom stereocenters. The van der Waals surface area contributed by atoms with Crippen molar-refractivity contribution in [3.63, 3.8) is 0 Å². The molecule has 18 heavy (non-hydrogen) atoms. The molecule has 1 aliphatic carbocycles. The fourth-order valence-corrected chi connectivity index (χ4v) is 2.83. The summed E-state index contributed by atoms with van der Waals surface area (Å²) < 4.78 is 0. The van der Waals surface area contributed by atoms with Gasteiger partial charge in [0.1, 0.15) is 0 Å². The molecule has 4 heteroatoms. The Labute approximate surface area is 113 Å². The van der Waals surface area contributed by atoms with Gasteiger partial charge < -0.3 is 11.1 Å². The summed E-state index contributed by atoms with van der Waals surface area (Å²) in [6.07, 6.45) is 4.30. The number of amides is 1. The lowest BCUT2D eigenvalue weighted by atomic mass is 9.78. The maximum Gasteiger partial charge on any atom is 0.227 e. The summed E-state index contributed by atoms with van der Waals surface area (Å²) in [5, 5.41) is 3.57. The van der Waals surface area contributed by atoms with Gasteiger partial charge in [0.2, 0.25) is 5.91 Å². The topological polar surface area (TPSA) is 55.1 Å². The van der Waals surface area contributed by atoms with Crippen LogP contribution in [0.2, 0.25) is 5.02 Å². The monoisotopic (exact) mass is 266 g/mol. The highest BCUT2D eigenvalue weighted by atomic mass is 35.5. The van der Waals surface area contributed by atoms with E-state index in [-0.39, 0.29) is 11.8 Å². The zero-order valence-electron chi connectivity index (χ0n) is 10.4. The molecule has 1 fully saturated rings. The molecular weight excluding hydrogens is 248 g/mol. The molecule has 98 valence electrons. The number of anilines is 1. The summed E-state index contributed by atoms with van der Waals surface area (Å²) in [7, 11) is 0. The van der Waals surface area contributed by atoms with E-state index in [9.17, 15) is 4.79 Å². The Kier molecular flexibility index (Phi) is 4.61. The molecule has 0 saturated heterocycles. The standard InChI is InChI=1S/C14H19ClN2O/c15-11-5-3-6-12(8-11)17-14(18)13-7-2-1-4-10(13)9-16/h3,5-6,8,10,13H,1-2,4,7,9,16H2,(H,17,18). The number of carbonyl (C=O) groups is 1. The minimum absolute atomic E-state index is 0.0442. The van der Waals surface area contributed by atoms with Crippen LogP contribution in [-0.4, -0.2) is 12.5 Å². The lowest BCUT2D eigenvalue weighted by Crippen LogP contribution is -2.35. The van der Waals surface area contributed by atoms with E-state index >= 15 is 0 Å². The largest absolute Gasteiger partial charge is 0.330 e. The third-order valence-electron chi connectivity index (χ3n) is 3.64. The summed E-state index contributed by atoms with van der Waals surface area (Å²) in [5.41, 5.74) is 6.51. The van der Waals surface area contributed by atoms with E-state index in [0.717, 1.165) is 24.9 Å². The summed E-state index contributed by atoms with van der Waals surface area (Å²) in [6, 6.07) is 7.24. The SMILES string of the molecule is NCC1CCCCC1C(=O)Nc1cccc(Cl)c1. The average molecular weight is 267 g/mol. The molecule has 1 aliphatic rings. The number of nitrogens with two attached hydrogens (primary N) is 1. The van der Waals surface area contributed by atoms with E-state index in [1.54, 1.807) is 12.1 Å². The van der Waals surface area contributed by atoms with Gasteiger partial charge in [-0.2, -0.15) is 0 Å². The van der Waals surface area contributed by atoms with Gasteiger partial charge in [0, 0.05) is 16.6 Å². The van der Waals surface area contributed by atoms with Crippen LogP contribution in [0, 0.1) is 11.8 Å². The molecule has 3 N–H and O–H groups in total. The van der Waals surface area contributed by atoms with Crippen LogP contribution in [0.4, 0.5) is 5.69 Å². The average Bonchev–Trinajstić information content (AvgIpc) is 2.38. The van der Waals surface area contributed by atoms with Crippen LogP contribution in [-0.2, 0) is 4.79 Å². The molecule has 0 aromatic heterocycles. The highest BCUT2D eigenvalue weighted by Crippen LogP contribution is 2.30. The first-order valence-electron chi connectivity index (χ1n) is 6.47. The molecule has 2 unspecified atom stereocenters. The predicted octanol–water partition coefficient (Wildman–Crippen LogP) is 3.04. The van der Waals surface area contributed by atoms with Crippen molar-refractivity contribution in [1.29, 1.82) is 0 Å². The highest BCUT2D eigenvalue weighted by molar-refractivity contribution is 6.30. The maximum absolute atomic E-state index is 12.2. The summed E-state index contributed by atoms with van der Waals surface area (Å²) in [4.78, 5) is 12.2. The molecule has 1 aromatic carbocycles. The fourth-order valence-electron chi connectivity index (χ4n) is 2.64. The molecular formula is C14H19ClN2O. The molecule has 0 spiro atoms. The van der Waals surface area contributed by atoms with Gasteiger partial charge in [-0.15, -0.1) is 0 Å². The van der Waals surface area contributed by atoms with Crippen LogP contribution >= 0.6 is 11.6 Å². The Bertz CT molecular complexity index is 422. The first-order chi connectivity index (χ1) is 8.70. The van der Waals surface area contributed by atoms with Crippen LogP contribution < -0.4 is 11.1 Å². The Morgan fingerprint density at radius 1 is 1.39 bits per heavy atom. The molecule has 0 heterocycles. The fraction of sp³-hybridized carbons (Fsp3) is 0.500. The van der Waals surface area contributed by atoms with Crippen LogP contribution in [0.25, 0.3) is 0 Å². The quantitative estimate of drug-likeness (QED) is 0.884. The van der Waals surface area contributed by atoms with Crippen molar-refractivity contribution < 1.29 is 4.79 Å². The van der Waals surface area contributed by atoms with Crippen LogP contribution in [0.3, 0.4) is 0 Å². The second-order valence-corrected chi connectivity index (χ2v) is 5.32. The van der Waals surface area contributed by atoms with Crippen molar-refractivity contribution in [2.75, 3.05) is 11.9 Å². The molecule has 0 radical (unpaired) electrons. The van der Waals surface area contributed by atoms with Gasteiger partial charge in [-0.05, 0) is 43.5 Å². The number of carbonyl (C=O) groups excluding carboxylic acids is 1. The van der Waals surface area contributed by atoms with Crippen LogP contribution in [0.1, 0.15) is 25.7 Å². The zero-order valence-corrected chi connectivity index (χ0v) is 11.1. The third-order valence-corrected chi connectivity index (χ3v) is 3.88. The zero-order chi connectivity index (χ0) is 13.0. The highest BCUT2D eigenvalue weighted by Gasteiger charge is 2.29. The number of rotatable bonds is 3. The number of nitrogens with one attached hydrogen (secondary N) is 1. The molecule has 1 amide bonds. The molecule has 0 bridgehead atoms. The van der Waals surface area contributed by atoms with Gasteiger partial charge in [0.25, 0.3) is 0 Å². The lowest BCUT2D eigenvalue weighted by molar-refractivity contribution is -0.122. The Balaban J connectivity index is 2.02. The molecule has 0 aliphatic heterocycles. The molecule has 2 rings (SSSR count). The van der Waals surface area contributed by atoms with E-state index in [4.69, 9.17) is 17.3 Å². The minimum atomic E-state index is 0.0442. The summed E-state index contributed by atoms with van der Waals surface area (Å²) >= 11 is 5.90. The van der Waals surface area contributed by atoms with Gasteiger partial charge >= 0.3 is 0 Å². The van der Waals surface area contributed by atoms with Crippen LogP contribution in [0.5, 0.6) is 0 Å². The van der Waals surface area contributed by atoms with Crippen molar-refractivity contribution in [2.24, 2.45) is 17.6 Å². The van der Waals surface area contributed by atoms with Gasteiger partial charge in [-0.1, -0.05) is 30.5 Å². The number of halogens is 1. The maximum atomic E-state index is 12.2. The predicted molar refractivity (Wildman–Crippen MR) is 74.6 cm³/mol. The van der Waals surface area contributed by atoms with E-state index in [0.29, 0.717) is 17.5 Å². The molecule has 1 aromatic rings. The normalized spacial score (nSPS) is 23.7. The van der Waals surface area contributed by atoms with Crippen molar-refractivity contribution in [2.45, 2.75) is 25.7 Å². The molecule has 3 nitrogen and oxygen atoms in total. The summed E-state index contributed by atoms with van der Waals surface area (Å²) in [5.74, 6) is 0.438. The summed E-state index contributed by atoms with van der Waals surface area (Å²) in [6.45, 7) is 0.591. The molecule has 1 saturated carbocycles. The first-order valence-corrected chi connectivity index (χ1v) is 6.85. The lowest BCUT2D eigenvalue weighted by Gasteiger charge is -2.29. The minimum Gasteiger partial charge on any atom is -0.330 e. The van der Waals surface area contributed by atoms with E-state index < -0.39 is 0 Å². The van der Waals surface area contributed by atoms with E-state index in [1.807, 2.05) is 12.1 Å². The number of hydrogen-bond donors (Lipinski definition) is 2. The second kappa shape index (κ2) is 6.21. The van der Waals surface area contributed by atoms with Crippen molar-refractivity contribution in [3.8, 4) is 0 Å². The smallest absolute Gasteiger partial charge is 0.227 e. The first kappa shape index (κ1) is 13.4. The Morgan fingerprint density at radius 3 is 2.89 bits per heavy atom. The third kappa shape index (κ3) is 3.24. The number of hydrogen-bond acceptors (Lipinski definition) is 2. The van der Waals surface area contributed by atoms with Gasteiger partial charge in [0.15, 0.2) is 0 Å². The van der Waals surface area contributed by atoms with Gasteiger partial charge in [-0.3, -0.25) is 4.79 Å². The number of benzene rings is 1. The second-order valence-electron chi connectivity index (χ2n) is 4.89.